The third-order valence-corrected chi connectivity index (χ3v) is 4.70. The summed E-state index contributed by atoms with van der Waals surface area (Å²) in [7, 11) is 0. The number of carbonyl (C=O) groups excluding carboxylic acids is 1. The van der Waals surface area contributed by atoms with Crippen LogP contribution >= 0.6 is 0 Å². The fourth-order valence-electron chi connectivity index (χ4n) is 3.30. The maximum atomic E-state index is 12.8. The van der Waals surface area contributed by atoms with Crippen molar-refractivity contribution in [3.8, 4) is 11.5 Å². The van der Waals surface area contributed by atoms with Crippen LogP contribution in [0.4, 0.5) is 0 Å². The molecule has 1 N–H and O–H groups in total. The molecule has 1 aliphatic heterocycles. The lowest BCUT2D eigenvalue weighted by Gasteiger charge is -2.18. The van der Waals surface area contributed by atoms with Gasteiger partial charge in [-0.15, -0.1) is 0 Å². The molecule has 1 fully saturated rings. The summed E-state index contributed by atoms with van der Waals surface area (Å²) in [5.74, 6) is 0.798. The Morgan fingerprint density at radius 2 is 2.04 bits per heavy atom. The average molecular weight is 353 g/mol. The summed E-state index contributed by atoms with van der Waals surface area (Å²) < 4.78 is 11.5. The van der Waals surface area contributed by atoms with Crippen LogP contribution in [0.2, 0.25) is 0 Å². The lowest BCUT2D eigenvalue weighted by molar-refractivity contribution is 0.0729. The van der Waals surface area contributed by atoms with E-state index in [2.05, 4.69) is 18.3 Å². The molecule has 1 aliphatic rings. The van der Waals surface area contributed by atoms with E-state index in [0.29, 0.717) is 29.7 Å². The van der Waals surface area contributed by atoms with Gasteiger partial charge in [-0.2, -0.15) is 0 Å². The molecule has 3 rings (SSSR count). The largest absolute Gasteiger partial charge is 0.493 e. The molecule has 0 radical (unpaired) electrons. The predicted molar refractivity (Wildman–Crippen MR) is 103 cm³/mol. The van der Waals surface area contributed by atoms with Crippen molar-refractivity contribution in [1.82, 2.24) is 5.32 Å². The smallest absolute Gasteiger partial charge is 0.347 e. The lowest BCUT2D eigenvalue weighted by Crippen LogP contribution is -2.17. The number of esters is 1. The zero-order valence-electron chi connectivity index (χ0n) is 15.6. The fourth-order valence-corrected chi connectivity index (χ4v) is 3.30. The molecule has 0 amide bonds. The van der Waals surface area contributed by atoms with Crippen LogP contribution in [0.15, 0.2) is 42.5 Å². The Labute approximate surface area is 155 Å². The minimum absolute atomic E-state index is 0.335. The Kier molecular flexibility index (Phi) is 6.29. The Bertz CT molecular complexity index is 737. The van der Waals surface area contributed by atoms with Gasteiger partial charge >= 0.3 is 5.97 Å². The van der Waals surface area contributed by atoms with Crippen molar-refractivity contribution in [3.63, 3.8) is 0 Å². The van der Waals surface area contributed by atoms with Crippen molar-refractivity contribution in [2.45, 2.75) is 45.6 Å². The zero-order valence-corrected chi connectivity index (χ0v) is 15.6. The standard InChI is InChI=1S/C22H27NO3/c1-3-4-13-25-20-15-17(19-11-8-12-23-19)14-16(2)21(20)22(24)26-18-9-6-5-7-10-18/h5-7,9-10,14-15,19,23H,3-4,8,11-13H2,1-2H3. The second kappa shape index (κ2) is 8.86. The van der Waals surface area contributed by atoms with Crippen molar-refractivity contribution in [2.75, 3.05) is 13.2 Å². The third-order valence-electron chi connectivity index (χ3n) is 4.70. The first kappa shape index (κ1) is 18.5. The summed E-state index contributed by atoms with van der Waals surface area (Å²) in [5.41, 5.74) is 2.60. The van der Waals surface area contributed by atoms with Crippen LogP contribution in [-0.2, 0) is 0 Å². The van der Waals surface area contributed by atoms with Gasteiger partial charge in [0.2, 0.25) is 0 Å². The third kappa shape index (κ3) is 4.44. The Hall–Kier alpha value is -2.33. The summed E-state index contributed by atoms with van der Waals surface area (Å²) in [4.78, 5) is 12.8. The van der Waals surface area contributed by atoms with Gasteiger partial charge in [0.15, 0.2) is 0 Å². The van der Waals surface area contributed by atoms with Crippen molar-refractivity contribution < 1.29 is 14.3 Å². The topological polar surface area (TPSA) is 47.6 Å². The summed E-state index contributed by atoms with van der Waals surface area (Å²) >= 11 is 0. The highest BCUT2D eigenvalue weighted by Crippen LogP contribution is 2.32. The van der Waals surface area contributed by atoms with E-state index in [9.17, 15) is 4.79 Å². The predicted octanol–water partition coefficient (Wildman–Crippen LogP) is 4.82. The molecular formula is C22H27NO3. The van der Waals surface area contributed by atoms with Gasteiger partial charge in [-0.05, 0) is 62.1 Å². The van der Waals surface area contributed by atoms with Gasteiger partial charge in [0, 0.05) is 6.04 Å². The molecule has 4 nitrogen and oxygen atoms in total. The first-order valence-electron chi connectivity index (χ1n) is 9.47. The van der Waals surface area contributed by atoms with Crippen LogP contribution in [-0.4, -0.2) is 19.1 Å². The number of hydrogen-bond acceptors (Lipinski definition) is 4. The van der Waals surface area contributed by atoms with E-state index in [1.54, 1.807) is 12.1 Å². The summed E-state index contributed by atoms with van der Waals surface area (Å²) in [6.07, 6.45) is 4.29. The number of carbonyl (C=O) groups is 1. The van der Waals surface area contributed by atoms with E-state index in [1.165, 1.54) is 12.0 Å². The molecule has 0 bridgehead atoms. The minimum Gasteiger partial charge on any atom is -0.493 e. The molecular weight excluding hydrogens is 326 g/mol. The normalized spacial score (nSPS) is 16.5. The number of benzene rings is 2. The average Bonchev–Trinajstić information content (AvgIpc) is 3.17. The van der Waals surface area contributed by atoms with Crippen LogP contribution in [0.5, 0.6) is 11.5 Å². The number of para-hydroxylation sites is 1. The number of rotatable bonds is 7. The molecule has 1 atom stereocenters. The van der Waals surface area contributed by atoms with Crippen molar-refractivity contribution >= 4 is 5.97 Å². The van der Waals surface area contributed by atoms with Gasteiger partial charge in [0.25, 0.3) is 0 Å². The molecule has 1 saturated heterocycles. The molecule has 0 aromatic heterocycles. The number of unbranched alkanes of at least 4 members (excludes halogenated alkanes) is 1. The van der Waals surface area contributed by atoms with E-state index >= 15 is 0 Å². The van der Waals surface area contributed by atoms with E-state index < -0.39 is 0 Å². The second-order valence-electron chi connectivity index (χ2n) is 6.76. The number of ether oxygens (including phenoxy) is 2. The molecule has 138 valence electrons. The number of aryl methyl sites for hydroxylation is 1. The SMILES string of the molecule is CCCCOc1cc(C2CCCN2)cc(C)c1C(=O)Oc1ccccc1. The lowest BCUT2D eigenvalue weighted by atomic mass is 9.98. The Morgan fingerprint density at radius 3 is 2.73 bits per heavy atom. The molecule has 2 aromatic rings. The number of nitrogens with one attached hydrogen (secondary N) is 1. The van der Waals surface area contributed by atoms with Crippen LogP contribution < -0.4 is 14.8 Å². The van der Waals surface area contributed by atoms with E-state index in [0.717, 1.165) is 31.4 Å². The summed E-state index contributed by atoms with van der Waals surface area (Å²) in [6.45, 7) is 5.71. The fraction of sp³-hybridized carbons (Fsp3) is 0.409. The highest BCUT2D eigenvalue weighted by atomic mass is 16.5. The van der Waals surface area contributed by atoms with Crippen LogP contribution in [0.1, 0.15) is 60.1 Å². The Balaban J connectivity index is 1.89. The first-order valence-corrected chi connectivity index (χ1v) is 9.47. The molecule has 0 aliphatic carbocycles. The molecule has 26 heavy (non-hydrogen) atoms. The molecule has 2 aromatic carbocycles. The van der Waals surface area contributed by atoms with Crippen molar-refractivity contribution in [3.05, 3.63) is 59.2 Å². The maximum absolute atomic E-state index is 12.8. The highest BCUT2D eigenvalue weighted by Gasteiger charge is 2.23. The quantitative estimate of drug-likeness (QED) is 0.440. The van der Waals surface area contributed by atoms with Crippen LogP contribution in [0.3, 0.4) is 0 Å². The van der Waals surface area contributed by atoms with E-state index in [4.69, 9.17) is 9.47 Å². The monoisotopic (exact) mass is 353 g/mol. The van der Waals surface area contributed by atoms with Crippen molar-refractivity contribution in [1.29, 1.82) is 0 Å². The van der Waals surface area contributed by atoms with Crippen molar-refractivity contribution in [2.24, 2.45) is 0 Å². The second-order valence-corrected chi connectivity index (χ2v) is 6.76. The van der Waals surface area contributed by atoms with E-state index in [1.807, 2.05) is 31.2 Å². The zero-order chi connectivity index (χ0) is 18.4. The summed E-state index contributed by atoms with van der Waals surface area (Å²) in [6, 6.07) is 13.6. The Morgan fingerprint density at radius 1 is 1.23 bits per heavy atom. The molecule has 0 spiro atoms. The number of hydrogen-bond donors (Lipinski definition) is 1. The highest BCUT2D eigenvalue weighted by molar-refractivity contribution is 5.95. The van der Waals surface area contributed by atoms with Gasteiger partial charge in [0.05, 0.1) is 6.61 Å². The maximum Gasteiger partial charge on any atom is 0.347 e. The molecule has 1 heterocycles. The molecule has 4 heteroatoms. The van der Waals surface area contributed by atoms with Gasteiger partial charge in [-0.1, -0.05) is 37.6 Å². The van der Waals surface area contributed by atoms with Crippen LogP contribution in [0.25, 0.3) is 0 Å². The molecule has 1 unspecified atom stereocenters. The van der Waals surface area contributed by atoms with Crippen LogP contribution in [0, 0.1) is 6.92 Å². The van der Waals surface area contributed by atoms with E-state index in [-0.39, 0.29) is 5.97 Å². The van der Waals surface area contributed by atoms with Gasteiger partial charge < -0.3 is 14.8 Å². The summed E-state index contributed by atoms with van der Waals surface area (Å²) in [5, 5.41) is 3.51. The first-order chi connectivity index (χ1) is 12.7. The molecule has 0 saturated carbocycles. The van der Waals surface area contributed by atoms with Gasteiger partial charge in [-0.25, -0.2) is 4.79 Å². The minimum atomic E-state index is -0.369. The van der Waals surface area contributed by atoms with Gasteiger partial charge in [-0.3, -0.25) is 0 Å². The van der Waals surface area contributed by atoms with Gasteiger partial charge in [0.1, 0.15) is 17.1 Å².